The summed E-state index contributed by atoms with van der Waals surface area (Å²) in [6.45, 7) is 1.76. The van der Waals surface area contributed by atoms with E-state index in [2.05, 4.69) is 5.32 Å². The molecule has 138 valence electrons. The summed E-state index contributed by atoms with van der Waals surface area (Å²) in [5.41, 5.74) is 0.718. The molecule has 1 aromatic carbocycles. The van der Waals surface area contributed by atoms with Crippen molar-refractivity contribution < 1.29 is 28.7 Å². The Kier molecular flexibility index (Phi) is 6.05. The van der Waals surface area contributed by atoms with Gasteiger partial charge in [-0.25, -0.2) is 14.5 Å². The summed E-state index contributed by atoms with van der Waals surface area (Å²) in [5, 5.41) is 2.49. The number of rotatable bonds is 7. The van der Waals surface area contributed by atoms with Gasteiger partial charge in [0.15, 0.2) is 0 Å². The van der Waals surface area contributed by atoms with Crippen molar-refractivity contribution in [3.05, 3.63) is 29.8 Å². The highest BCUT2D eigenvalue weighted by atomic mass is 16.5. The third-order valence-corrected chi connectivity index (χ3v) is 3.69. The second-order valence-corrected chi connectivity index (χ2v) is 5.65. The van der Waals surface area contributed by atoms with Gasteiger partial charge in [0.25, 0.3) is 0 Å². The molecule has 5 amide bonds. The normalized spacial score (nSPS) is 14.0. The van der Waals surface area contributed by atoms with E-state index >= 15 is 0 Å². The van der Waals surface area contributed by atoms with Crippen LogP contribution in [0.25, 0.3) is 0 Å². The zero-order chi connectivity index (χ0) is 19.3. The van der Waals surface area contributed by atoms with Gasteiger partial charge in [0.05, 0.1) is 12.2 Å². The highest BCUT2D eigenvalue weighted by Gasteiger charge is 2.42. The van der Waals surface area contributed by atoms with E-state index in [4.69, 9.17) is 4.74 Å². The molecule has 0 bridgehead atoms. The van der Waals surface area contributed by atoms with Gasteiger partial charge in [0.2, 0.25) is 5.91 Å². The molecule has 1 saturated heterocycles. The molecule has 1 aromatic rings. The summed E-state index contributed by atoms with van der Waals surface area (Å²) < 4.78 is 5.08. The van der Waals surface area contributed by atoms with Crippen LogP contribution < -0.4 is 5.32 Å². The maximum absolute atomic E-state index is 12.0. The molecule has 26 heavy (non-hydrogen) atoms. The Bertz CT molecular complexity index is 743. The molecule has 1 aliphatic rings. The van der Waals surface area contributed by atoms with Gasteiger partial charge in [-0.2, -0.15) is 0 Å². The zero-order valence-electron chi connectivity index (χ0n) is 14.5. The molecule has 0 aromatic heterocycles. The largest absolute Gasteiger partial charge is 0.462 e. The van der Waals surface area contributed by atoms with Crippen molar-refractivity contribution in [2.75, 3.05) is 25.5 Å². The minimum absolute atomic E-state index is 0.344. The average Bonchev–Trinajstić information content (AvgIpc) is 2.80. The van der Waals surface area contributed by atoms with Gasteiger partial charge < -0.3 is 10.1 Å². The lowest BCUT2D eigenvalue weighted by Crippen LogP contribution is -2.38. The lowest BCUT2D eigenvalue weighted by Gasteiger charge is -2.13. The third-order valence-electron chi connectivity index (χ3n) is 3.69. The lowest BCUT2D eigenvalue weighted by atomic mass is 10.2. The molecule has 9 heteroatoms. The van der Waals surface area contributed by atoms with Crippen molar-refractivity contribution in [1.29, 1.82) is 0 Å². The van der Waals surface area contributed by atoms with Crippen LogP contribution in [-0.2, 0) is 19.1 Å². The second kappa shape index (κ2) is 8.24. The standard InChI is InChI=1S/C17H19N3O6/c1-3-4-9-26-16(24)11-5-7-12(8-6-11)18-13(21)10-20-15(23)14(22)19(2)17(20)25/h5-8H,3-4,9-10H2,1-2H3,(H,18,21). The number of imide groups is 2. The fourth-order valence-corrected chi connectivity index (χ4v) is 2.18. The lowest BCUT2D eigenvalue weighted by molar-refractivity contribution is -0.143. The predicted octanol–water partition coefficient (Wildman–Crippen LogP) is 1.00. The molecule has 0 saturated carbocycles. The van der Waals surface area contributed by atoms with Crippen LogP contribution in [0.3, 0.4) is 0 Å². The van der Waals surface area contributed by atoms with Crippen molar-refractivity contribution in [2.24, 2.45) is 0 Å². The Morgan fingerprint density at radius 2 is 1.73 bits per heavy atom. The Hall–Kier alpha value is -3.23. The Morgan fingerprint density at radius 1 is 1.08 bits per heavy atom. The van der Waals surface area contributed by atoms with Crippen LogP contribution in [0.2, 0.25) is 0 Å². The number of unbranched alkanes of at least 4 members (excludes halogenated alkanes) is 1. The number of amides is 5. The van der Waals surface area contributed by atoms with Crippen LogP contribution >= 0.6 is 0 Å². The van der Waals surface area contributed by atoms with Gasteiger partial charge >= 0.3 is 23.8 Å². The van der Waals surface area contributed by atoms with Gasteiger partial charge in [-0.05, 0) is 30.7 Å². The highest BCUT2D eigenvalue weighted by molar-refractivity contribution is 6.44. The van der Waals surface area contributed by atoms with Gasteiger partial charge in [-0.15, -0.1) is 0 Å². The van der Waals surface area contributed by atoms with Crippen LogP contribution in [0, 0.1) is 0 Å². The number of carbonyl (C=O) groups excluding carboxylic acids is 5. The van der Waals surface area contributed by atoms with Crippen LogP contribution in [0.1, 0.15) is 30.1 Å². The van der Waals surface area contributed by atoms with Gasteiger partial charge in [-0.1, -0.05) is 13.3 Å². The molecule has 2 rings (SSSR count). The summed E-state index contributed by atoms with van der Waals surface area (Å²) in [5.74, 6) is -3.12. The Balaban J connectivity index is 1.91. The maximum atomic E-state index is 12.0. The van der Waals surface area contributed by atoms with E-state index in [1.807, 2.05) is 6.92 Å². The summed E-state index contributed by atoms with van der Waals surface area (Å²) in [4.78, 5) is 59.7. The molecule has 0 aliphatic carbocycles. The number of ether oxygens (including phenoxy) is 1. The number of nitrogens with zero attached hydrogens (tertiary/aromatic N) is 2. The highest BCUT2D eigenvalue weighted by Crippen LogP contribution is 2.13. The van der Waals surface area contributed by atoms with Gasteiger partial charge in [0, 0.05) is 12.7 Å². The van der Waals surface area contributed by atoms with Crippen molar-refractivity contribution in [3.8, 4) is 0 Å². The molecule has 0 atom stereocenters. The second-order valence-electron chi connectivity index (χ2n) is 5.65. The predicted molar refractivity (Wildman–Crippen MR) is 90.1 cm³/mol. The van der Waals surface area contributed by atoms with Crippen molar-refractivity contribution in [1.82, 2.24) is 9.80 Å². The zero-order valence-corrected chi connectivity index (χ0v) is 14.5. The summed E-state index contributed by atoms with van der Waals surface area (Å²) >= 11 is 0. The molecule has 0 unspecified atom stereocenters. The van der Waals surface area contributed by atoms with Crippen LogP contribution in [-0.4, -0.2) is 59.7 Å². The number of urea groups is 1. The number of carbonyl (C=O) groups is 5. The fourth-order valence-electron chi connectivity index (χ4n) is 2.18. The van der Waals surface area contributed by atoms with Crippen molar-refractivity contribution in [2.45, 2.75) is 19.8 Å². The van der Waals surface area contributed by atoms with E-state index in [1.54, 1.807) is 0 Å². The number of benzene rings is 1. The fraction of sp³-hybridized carbons (Fsp3) is 0.353. The molecule has 9 nitrogen and oxygen atoms in total. The molecule has 1 N–H and O–H groups in total. The van der Waals surface area contributed by atoms with E-state index in [0.29, 0.717) is 27.7 Å². The number of likely N-dealkylation sites (N-methyl/N-ethyl adjacent to an activating group) is 1. The number of anilines is 1. The SMILES string of the molecule is CCCCOC(=O)c1ccc(NC(=O)CN2C(=O)C(=O)N(C)C2=O)cc1. The molecule has 0 radical (unpaired) electrons. The third kappa shape index (κ3) is 4.24. The first-order valence-corrected chi connectivity index (χ1v) is 8.05. The van der Waals surface area contributed by atoms with E-state index in [0.717, 1.165) is 12.8 Å². The number of hydrogen-bond acceptors (Lipinski definition) is 6. The van der Waals surface area contributed by atoms with E-state index in [1.165, 1.54) is 31.3 Å². The molecule has 1 fully saturated rings. The average molecular weight is 361 g/mol. The number of hydrogen-bond donors (Lipinski definition) is 1. The maximum Gasteiger partial charge on any atom is 0.338 e. The first kappa shape index (κ1) is 19.1. The molecule has 1 heterocycles. The Morgan fingerprint density at radius 3 is 2.27 bits per heavy atom. The first-order valence-electron chi connectivity index (χ1n) is 8.05. The molecular formula is C17H19N3O6. The molecule has 0 spiro atoms. The minimum Gasteiger partial charge on any atom is -0.462 e. The van der Waals surface area contributed by atoms with E-state index < -0.39 is 36.3 Å². The van der Waals surface area contributed by atoms with Crippen molar-refractivity contribution >= 4 is 35.4 Å². The smallest absolute Gasteiger partial charge is 0.338 e. The van der Waals surface area contributed by atoms with E-state index in [-0.39, 0.29) is 0 Å². The van der Waals surface area contributed by atoms with Crippen molar-refractivity contribution in [3.63, 3.8) is 0 Å². The minimum atomic E-state index is -1.04. The van der Waals surface area contributed by atoms with Gasteiger partial charge in [0.1, 0.15) is 6.54 Å². The van der Waals surface area contributed by atoms with Crippen LogP contribution in [0.15, 0.2) is 24.3 Å². The summed E-state index contributed by atoms with van der Waals surface area (Å²) in [6, 6.07) is 5.14. The molecule has 1 aliphatic heterocycles. The number of esters is 1. The number of nitrogens with one attached hydrogen (secondary N) is 1. The quantitative estimate of drug-likeness (QED) is 0.335. The van der Waals surface area contributed by atoms with Crippen LogP contribution in [0.5, 0.6) is 0 Å². The summed E-state index contributed by atoms with van der Waals surface area (Å²) in [6.07, 6.45) is 1.70. The first-order chi connectivity index (χ1) is 12.3. The van der Waals surface area contributed by atoms with Crippen LogP contribution in [0.4, 0.5) is 10.5 Å². The Labute approximate surface area is 149 Å². The summed E-state index contributed by atoms with van der Waals surface area (Å²) in [7, 11) is 1.17. The van der Waals surface area contributed by atoms with E-state index in [9.17, 15) is 24.0 Å². The topological polar surface area (TPSA) is 113 Å². The monoisotopic (exact) mass is 361 g/mol. The molecular weight excluding hydrogens is 342 g/mol. The van der Waals surface area contributed by atoms with Gasteiger partial charge in [-0.3, -0.25) is 19.3 Å².